The predicted molar refractivity (Wildman–Crippen MR) is 91.0 cm³/mol. The summed E-state index contributed by atoms with van der Waals surface area (Å²) in [5.41, 5.74) is 2.26. The van der Waals surface area contributed by atoms with Gasteiger partial charge >= 0.3 is 0 Å². The molecule has 2 aromatic carbocycles. The van der Waals surface area contributed by atoms with Gasteiger partial charge in [0, 0.05) is 11.6 Å². The fourth-order valence-electron chi connectivity index (χ4n) is 2.25. The maximum Gasteiger partial charge on any atom is 0.255 e. The predicted octanol–water partition coefficient (Wildman–Crippen LogP) is 3.45. The lowest BCUT2D eigenvalue weighted by Gasteiger charge is -2.06. The lowest BCUT2D eigenvalue weighted by molar-refractivity contribution is 0.609. The highest BCUT2D eigenvalue weighted by Gasteiger charge is 2.11. The summed E-state index contributed by atoms with van der Waals surface area (Å²) >= 11 is 0. The van der Waals surface area contributed by atoms with Crippen molar-refractivity contribution in [2.24, 2.45) is 0 Å². The quantitative estimate of drug-likeness (QED) is 0.771. The third-order valence-electron chi connectivity index (χ3n) is 3.33. The van der Waals surface area contributed by atoms with Crippen molar-refractivity contribution in [2.75, 3.05) is 4.72 Å². The molecule has 3 aromatic rings. The molecule has 3 rings (SSSR count). The number of aromatic nitrogens is 1. The molecule has 5 nitrogen and oxygen atoms in total. The number of nitriles is 1. The van der Waals surface area contributed by atoms with Crippen LogP contribution in [0.25, 0.3) is 17.0 Å². The average Bonchev–Trinajstić information content (AvgIpc) is 2.98. The molecule has 1 heterocycles. The van der Waals surface area contributed by atoms with E-state index in [9.17, 15) is 8.42 Å². The van der Waals surface area contributed by atoms with E-state index in [4.69, 9.17) is 5.26 Å². The van der Waals surface area contributed by atoms with Gasteiger partial charge in [-0.1, -0.05) is 42.5 Å². The molecule has 6 heteroatoms. The van der Waals surface area contributed by atoms with E-state index in [2.05, 4.69) is 15.8 Å². The van der Waals surface area contributed by atoms with Crippen LogP contribution in [0.4, 0.5) is 5.69 Å². The van der Waals surface area contributed by atoms with Gasteiger partial charge in [0.15, 0.2) is 0 Å². The number of rotatable bonds is 4. The Morgan fingerprint density at radius 3 is 2.61 bits per heavy atom. The molecule has 0 saturated heterocycles. The van der Waals surface area contributed by atoms with Gasteiger partial charge in [-0.15, -0.1) is 0 Å². The first-order valence-corrected chi connectivity index (χ1v) is 8.40. The lowest BCUT2D eigenvalue weighted by atomic mass is 10.2. The van der Waals surface area contributed by atoms with Gasteiger partial charge in [-0.05, 0) is 17.7 Å². The van der Waals surface area contributed by atoms with Crippen molar-refractivity contribution in [3.63, 3.8) is 0 Å². The van der Waals surface area contributed by atoms with Crippen molar-refractivity contribution in [3.8, 4) is 6.07 Å². The molecule has 0 saturated carbocycles. The van der Waals surface area contributed by atoms with Crippen molar-refractivity contribution in [1.82, 2.24) is 4.98 Å². The fourth-order valence-corrected chi connectivity index (χ4v) is 3.13. The number of anilines is 1. The Morgan fingerprint density at radius 2 is 1.87 bits per heavy atom. The zero-order valence-corrected chi connectivity index (χ0v) is 12.8. The minimum atomic E-state index is -3.66. The normalized spacial score (nSPS) is 11.6. The van der Waals surface area contributed by atoms with Crippen LogP contribution < -0.4 is 4.72 Å². The molecule has 23 heavy (non-hydrogen) atoms. The second-order valence-electron chi connectivity index (χ2n) is 4.90. The Morgan fingerprint density at radius 1 is 1.09 bits per heavy atom. The van der Waals surface area contributed by atoms with Crippen LogP contribution in [-0.4, -0.2) is 13.4 Å². The molecule has 2 N–H and O–H groups in total. The third-order valence-corrected chi connectivity index (χ3v) is 4.33. The molecule has 1 aromatic heterocycles. The molecule has 0 aliphatic carbocycles. The van der Waals surface area contributed by atoms with Crippen molar-refractivity contribution in [1.29, 1.82) is 5.26 Å². The molecule has 0 fully saturated rings. The Kier molecular flexibility index (Phi) is 3.87. The van der Waals surface area contributed by atoms with E-state index in [1.54, 1.807) is 24.4 Å². The zero-order valence-electron chi connectivity index (χ0n) is 12.0. The van der Waals surface area contributed by atoms with Crippen LogP contribution in [0.3, 0.4) is 0 Å². The van der Waals surface area contributed by atoms with Crippen LogP contribution in [0.1, 0.15) is 11.1 Å². The van der Waals surface area contributed by atoms with Crippen molar-refractivity contribution >= 4 is 32.7 Å². The highest BCUT2D eigenvalue weighted by Crippen LogP contribution is 2.26. The van der Waals surface area contributed by atoms with E-state index in [0.29, 0.717) is 22.2 Å². The minimum Gasteiger partial charge on any atom is -0.358 e. The smallest absolute Gasteiger partial charge is 0.255 e. The second-order valence-corrected chi connectivity index (χ2v) is 6.47. The third kappa shape index (κ3) is 3.25. The van der Waals surface area contributed by atoms with Gasteiger partial charge in [-0.3, -0.25) is 4.72 Å². The molecule has 0 atom stereocenters. The molecule has 114 valence electrons. The first kappa shape index (κ1) is 14.9. The summed E-state index contributed by atoms with van der Waals surface area (Å²) in [4.78, 5) is 2.93. The van der Waals surface area contributed by atoms with Gasteiger partial charge in [0.2, 0.25) is 0 Å². The maximum atomic E-state index is 12.2. The number of nitrogens with zero attached hydrogens (tertiary/aromatic N) is 1. The largest absolute Gasteiger partial charge is 0.358 e. The Balaban J connectivity index is 1.91. The lowest BCUT2D eigenvalue weighted by Crippen LogP contribution is -2.09. The van der Waals surface area contributed by atoms with Crippen molar-refractivity contribution < 1.29 is 8.42 Å². The van der Waals surface area contributed by atoms with E-state index in [1.165, 1.54) is 6.08 Å². The van der Waals surface area contributed by atoms with Crippen LogP contribution in [-0.2, 0) is 10.0 Å². The van der Waals surface area contributed by atoms with E-state index >= 15 is 0 Å². The Hall–Kier alpha value is -3.04. The van der Waals surface area contributed by atoms with Gasteiger partial charge in [-0.25, -0.2) is 8.42 Å². The number of para-hydroxylation sites is 1. The summed E-state index contributed by atoms with van der Waals surface area (Å²) in [6, 6.07) is 16.3. The van der Waals surface area contributed by atoms with E-state index in [0.717, 1.165) is 11.0 Å². The monoisotopic (exact) mass is 323 g/mol. The summed E-state index contributed by atoms with van der Waals surface area (Å²) in [6.45, 7) is 0. The number of H-pyrrole nitrogens is 1. The van der Waals surface area contributed by atoms with Crippen molar-refractivity contribution in [2.45, 2.75) is 0 Å². The summed E-state index contributed by atoms with van der Waals surface area (Å²) in [5, 5.41) is 10.8. The standard InChI is InChI=1S/C17H13N3O2S/c18-11-14-12-19-17-15(14)7-4-8-16(17)20-23(21,22)10-9-13-5-2-1-3-6-13/h1-10,12,19-20H. The minimum absolute atomic E-state index is 0.404. The molecular weight excluding hydrogens is 310 g/mol. The molecule has 0 amide bonds. The SMILES string of the molecule is N#Cc1c[nH]c2c(NS(=O)(=O)C=Cc3ccccc3)cccc12. The first-order chi connectivity index (χ1) is 11.1. The summed E-state index contributed by atoms with van der Waals surface area (Å²) in [5.74, 6) is 0. The molecule has 0 bridgehead atoms. The maximum absolute atomic E-state index is 12.2. The number of hydrogen-bond acceptors (Lipinski definition) is 3. The molecular formula is C17H13N3O2S. The van der Waals surface area contributed by atoms with E-state index < -0.39 is 10.0 Å². The number of hydrogen-bond donors (Lipinski definition) is 2. The average molecular weight is 323 g/mol. The Labute approximate surface area is 133 Å². The number of aromatic amines is 1. The van der Waals surface area contributed by atoms with Crippen LogP contribution in [0.5, 0.6) is 0 Å². The number of nitrogens with one attached hydrogen (secondary N) is 2. The fraction of sp³-hybridized carbons (Fsp3) is 0. The second kappa shape index (κ2) is 5.99. The number of fused-ring (bicyclic) bond motifs is 1. The number of sulfonamides is 1. The molecule has 0 aliphatic rings. The first-order valence-electron chi connectivity index (χ1n) is 6.85. The van der Waals surface area contributed by atoms with Gasteiger partial charge in [0.25, 0.3) is 10.0 Å². The van der Waals surface area contributed by atoms with E-state index in [-0.39, 0.29) is 0 Å². The molecule has 0 aliphatic heterocycles. The summed E-state index contributed by atoms with van der Waals surface area (Å²) < 4.78 is 26.9. The van der Waals surface area contributed by atoms with E-state index in [1.807, 2.05) is 30.3 Å². The van der Waals surface area contributed by atoms with Gasteiger partial charge < -0.3 is 4.98 Å². The summed E-state index contributed by atoms with van der Waals surface area (Å²) in [6.07, 6.45) is 3.08. The zero-order chi connectivity index (χ0) is 16.3. The number of benzene rings is 2. The van der Waals surface area contributed by atoms with Gasteiger partial charge in [-0.2, -0.15) is 5.26 Å². The summed E-state index contributed by atoms with van der Waals surface area (Å²) in [7, 11) is -3.66. The molecule has 0 unspecified atom stereocenters. The van der Waals surface area contributed by atoms with Crippen LogP contribution in [0.2, 0.25) is 0 Å². The van der Waals surface area contributed by atoms with Gasteiger partial charge in [0.1, 0.15) is 6.07 Å². The Bertz CT molecular complexity index is 1010. The van der Waals surface area contributed by atoms with Crippen LogP contribution in [0, 0.1) is 11.3 Å². The van der Waals surface area contributed by atoms with Crippen molar-refractivity contribution in [3.05, 3.63) is 71.3 Å². The van der Waals surface area contributed by atoms with Gasteiger partial charge in [0.05, 0.1) is 22.2 Å². The molecule has 0 spiro atoms. The highest BCUT2D eigenvalue weighted by atomic mass is 32.2. The highest BCUT2D eigenvalue weighted by molar-refractivity contribution is 7.95. The van der Waals surface area contributed by atoms with Crippen LogP contribution >= 0.6 is 0 Å². The van der Waals surface area contributed by atoms with Crippen LogP contribution in [0.15, 0.2) is 60.1 Å². The molecule has 0 radical (unpaired) electrons. The topological polar surface area (TPSA) is 85.8 Å².